The van der Waals surface area contributed by atoms with Crippen LogP contribution in [0, 0.1) is 10.8 Å². The van der Waals surface area contributed by atoms with Crippen molar-refractivity contribution in [1.29, 1.82) is 0 Å². The second kappa shape index (κ2) is 7.79. The SMILES string of the molecule is CCOc1ccccc1NC(=O)Oc1cccocc2ccoc2cc2oc1=2. The third kappa shape index (κ3) is 3.93. The van der Waals surface area contributed by atoms with Gasteiger partial charge in [0.2, 0.25) is 5.42 Å². The van der Waals surface area contributed by atoms with Crippen LogP contribution in [0.3, 0.4) is 0 Å². The number of para-hydroxylation sites is 2. The third-order valence-corrected chi connectivity index (χ3v) is 3.83. The first kappa shape index (κ1) is 17.5. The molecule has 1 amide bonds. The Morgan fingerprint density at radius 1 is 1.07 bits per heavy atom. The van der Waals surface area contributed by atoms with E-state index in [0.29, 0.717) is 34.5 Å². The van der Waals surface area contributed by atoms with Crippen molar-refractivity contribution in [3.63, 3.8) is 0 Å². The Morgan fingerprint density at radius 2 is 1.93 bits per heavy atom. The molecule has 2 aliphatic heterocycles. The number of amides is 1. The lowest BCUT2D eigenvalue weighted by Crippen LogP contribution is -2.17. The Morgan fingerprint density at radius 3 is 2.82 bits per heavy atom. The number of hydrogen-bond donors (Lipinski definition) is 1. The lowest BCUT2D eigenvalue weighted by Gasteiger charge is -2.10. The van der Waals surface area contributed by atoms with E-state index >= 15 is 0 Å². The quantitative estimate of drug-likeness (QED) is 0.505. The zero-order valence-corrected chi connectivity index (χ0v) is 15.0. The molecule has 2 aromatic rings. The molecule has 0 saturated carbocycles. The summed E-state index contributed by atoms with van der Waals surface area (Å²) in [6, 6.07) is 13.8. The molecule has 28 heavy (non-hydrogen) atoms. The van der Waals surface area contributed by atoms with E-state index in [1.165, 1.54) is 6.26 Å². The van der Waals surface area contributed by atoms with Gasteiger partial charge in [0, 0.05) is 6.07 Å². The van der Waals surface area contributed by atoms with Crippen molar-refractivity contribution < 1.29 is 27.5 Å². The summed E-state index contributed by atoms with van der Waals surface area (Å²) in [6.07, 6.45) is 3.88. The van der Waals surface area contributed by atoms with Crippen molar-refractivity contribution in [3.05, 3.63) is 78.2 Å². The molecule has 2 aliphatic rings. The minimum atomic E-state index is -0.671. The molecule has 1 aromatic heterocycles. The van der Waals surface area contributed by atoms with Gasteiger partial charge in [0.05, 0.1) is 30.2 Å². The first-order chi connectivity index (χ1) is 13.7. The van der Waals surface area contributed by atoms with Gasteiger partial charge in [-0.3, -0.25) is 5.32 Å². The third-order valence-electron chi connectivity index (χ3n) is 3.83. The van der Waals surface area contributed by atoms with Crippen LogP contribution in [-0.4, -0.2) is 12.7 Å². The maximum atomic E-state index is 12.4. The minimum Gasteiger partial charge on any atom is -0.492 e. The van der Waals surface area contributed by atoms with E-state index in [0.717, 1.165) is 5.39 Å². The molecule has 4 rings (SSSR count). The maximum Gasteiger partial charge on any atom is 0.417 e. The standard InChI is InChI=1S/C21H17NO6/c1-2-25-16-7-4-3-6-15(16)22-21(23)28-17-8-5-10-24-13-14-9-11-26-18(14)12-19-20(17)27-19/h3-13H,2H2,1H3,(H,22,23). The molecule has 1 N–H and O–H groups in total. The molecule has 7 nitrogen and oxygen atoms in total. The topological polar surface area (TPSA) is 87.0 Å². The molecule has 0 saturated heterocycles. The zero-order chi connectivity index (χ0) is 19.3. The molecule has 0 spiro atoms. The van der Waals surface area contributed by atoms with E-state index in [1.807, 2.05) is 13.0 Å². The van der Waals surface area contributed by atoms with Crippen LogP contribution >= 0.6 is 0 Å². The van der Waals surface area contributed by atoms with Crippen LogP contribution in [0.5, 0.6) is 11.5 Å². The number of ether oxygens (including phenoxy) is 2. The number of carbonyl (C=O) groups excluding carboxylic acids is 1. The summed E-state index contributed by atoms with van der Waals surface area (Å²) in [6.45, 7) is 2.35. The Labute approximate surface area is 159 Å². The summed E-state index contributed by atoms with van der Waals surface area (Å²) >= 11 is 0. The van der Waals surface area contributed by atoms with Gasteiger partial charge in [-0.25, -0.2) is 4.79 Å². The smallest absolute Gasteiger partial charge is 0.417 e. The van der Waals surface area contributed by atoms with Crippen LogP contribution in [0.4, 0.5) is 10.5 Å². The Kier molecular flexibility index (Phi) is 4.88. The minimum absolute atomic E-state index is 0.243. The number of anilines is 1. The van der Waals surface area contributed by atoms with E-state index in [2.05, 4.69) is 5.32 Å². The predicted molar refractivity (Wildman–Crippen MR) is 101 cm³/mol. The summed E-state index contributed by atoms with van der Waals surface area (Å²) < 4.78 is 27.1. The molecular formula is C21H17NO6. The van der Waals surface area contributed by atoms with Gasteiger partial charge in [-0.15, -0.1) is 0 Å². The number of carbonyl (C=O) groups is 1. The summed E-state index contributed by atoms with van der Waals surface area (Å²) in [5.74, 6) is 0.802. The van der Waals surface area contributed by atoms with Gasteiger partial charge in [0.25, 0.3) is 0 Å². The van der Waals surface area contributed by atoms with E-state index < -0.39 is 6.09 Å². The van der Waals surface area contributed by atoms with Crippen LogP contribution in [-0.2, 0) is 0 Å². The lowest BCUT2D eigenvalue weighted by molar-refractivity contribution is 0.214. The number of benzene rings is 1. The Balaban J connectivity index is 1.64. The average molecular weight is 379 g/mol. The van der Waals surface area contributed by atoms with Crippen LogP contribution in [0.2, 0.25) is 0 Å². The summed E-state index contributed by atoms with van der Waals surface area (Å²) in [5, 5.41) is 3.44. The first-order valence-electron chi connectivity index (χ1n) is 8.65. The zero-order valence-electron chi connectivity index (χ0n) is 15.0. The number of nitrogens with one attached hydrogen (secondary N) is 1. The summed E-state index contributed by atoms with van der Waals surface area (Å²) in [5.41, 5.74) is 2.09. The normalized spacial score (nSPS) is 10.6. The molecule has 1 aromatic carbocycles. The molecule has 0 atom stereocenters. The highest BCUT2D eigenvalue weighted by atomic mass is 16.6. The van der Waals surface area contributed by atoms with Gasteiger partial charge in [-0.05, 0) is 37.3 Å². The van der Waals surface area contributed by atoms with Crippen LogP contribution < -0.4 is 14.8 Å². The summed E-state index contributed by atoms with van der Waals surface area (Å²) in [4.78, 5) is 12.4. The fourth-order valence-corrected chi connectivity index (χ4v) is 2.54. The highest BCUT2D eigenvalue weighted by Crippen LogP contribution is 2.25. The van der Waals surface area contributed by atoms with E-state index in [-0.39, 0.29) is 5.75 Å². The molecule has 7 heteroatoms. The van der Waals surface area contributed by atoms with E-state index in [9.17, 15) is 4.79 Å². The molecule has 0 radical (unpaired) electrons. The predicted octanol–water partition coefficient (Wildman–Crippen LogP) is 5.48. The van der Waals surface area contributed by atoms with Gasteiger partial charge < -0.3 is 22.7 Å². The second-order valence-electron chi connectivity index (χ2n) is 5.74. The van der Waals surface area contributed by atoms with E-state index in [4.69, 9.17) is 22.7 Å². The van der Waals surface area contributed by atoms with Gasteiger partial charge in [0.15, 0.2) is 11.2 Å². The van der Waals surface area contributed by atoms with Crippen molar-refractivity contribution in [3.8, 4) is 11.5 Å². The Hall–Kier alpha value is -3.87. The first-order valence-corrected chi connectivity index (χ1v) is 8.65. The highest BCUT2D eigenvalue weighted by molar-refractivity contribution is 5.88. The molecule has 0 unspecified atom stereocenters. The molecule has 3 heterocycles. The van der Waals surface area contributed by atoms with Crippen molar-refractivity contribution in [2.75, 3.05) is 11.9 Å². The van der Waals surface area contributed by atoms with Crippen molar-refractivity contribution in [2.24, 2.45) is 0 Å². The van der Waals surface area contributed by atoms with Crippen LogP contribution in [0.15, 0.2) is 80.6 Å². The molecular weight excluding hydrogens is 362 g/mol. The largest absolute Gasteiger partial charge is 0.492 e. The van der Waals surface area contributed by atoms with E-state index in [1.54, 1.807) is 55.0 Å². The average Bonchev–Trinajstić information content (AvgIpc) is 3.31. The van der Waals surface area contributed by atoms with Crippen molar-refractivity contribution >= 4 is 22.7 Å². The number of rotatable bonds is 4. The monoisotopic (exact) mass is 379 g/mol. The molecule has 0 bridgehead atoms. The van der Waals surface area contributed by atoms with Crippen LogP contribution in [0.25, 0.3) is 11.0 Å². The number of furan rings is 1. The summed E-state index contributed by atoms with van der Waals surface area (Å²) in [7, 11) is 0. The highest BCUT2D eigenvalue weighted by Gasteiger charge is 2.13. The lowest BCUT2D eigenvalue weighted by atomic mass is 10.3. The fourth-order valence-electron chi connectivity index (χ4n) is 2.54. The number of fused-ring (bicyclic) bond motifs is 1. The van der Waals surface area contributed by atoms with Crippen LogP contribution in [0.1, 0.15) is 6.92 Å². The number of hydrogen-bond acceptors (Lipinski definition) is 6. The second-order valence-corrected chi connectivity index (χ2v) is 5.74. The fraction of sp³-hybridized carbons (Fsp3) is 0.0952. The Bertz CT molecular complexity index is 1220. The molecule has 0 fully saturated rings. The maximum absolute atomic E-state index is 12.4. The van der Waals surface area contributed by atoms with Crippen molar-refractivity contribution in [1.82, 2.24) is 0 Å². The molecule has 0 aliphatic carbocycles. The molecule has 142 valence electrons. The van der Waals surface area contributed by atoms with Gasteiger partial charge in [-0.2, -0.15) is 0 Å². The van der Waals surface area contributed by atoms with Gasteiger partial charge in [-0.1, -0.05) is 12.1 Å². The van der Waals surface area contributed by atoms with Gasteiger partial charge in [0.1, 0.15) is 17.6 Å². The van der Waals surface area contributed by atoms with Crippen molar-refractivity contribution in [2.45, 2.75) is 6.92 Å². The van der Waals surface area contributed by atoms with Gasteiger partial charge >= 0.3 is 6.09 Å².